The largest absolute Gasteiger partial charge is 0.465 e. The second-order valence-electron chi connectivity index (χ2n) is 6.59. The van der Waals surface area contributed by atoms with Crippen LogP contribution in [0.3, 0.4) is 0 Å². The van der Waals surface area contributed by atoms with E-state index in [9.17, 15) is 4.79 Å². The van der Waals surface area contributed by atoms with E-state index in [2.05, 4.69) is 15.2 Å². The highest BCUT2D eigenvalue weighted by Crippen LogP contribution is 2.28. The van der Waals surface area contributed by atoms with E-state index >= 15 is 0 Å². The van der Waals surface area contributed by atoms with E-state index < -0.39 is 0 Å². The molecular weight excluding hydrogens is 292 g/mol. The number of nitrogens with zero attached hydrogens (tertiary/aromatic N) is 3. The Morgan fingerprint density at radius 3 is 2.91 bits per heavy atom. The summed E-state index contributed by atoms with van der Waals surface area (Å²) in [6.07, 6.45) is 1.79. The van der Waals surface area contributed by atoms with Crippen LogP contribution in [0.15, 0.2) is 22.9 Å². The standard InChI is InChI=1S/C17H24N4O2/c1-11(2)19-17(22)14-8-21(7-13-6-5-12(3)23-13)9-15-16(14)20(4)10-18-15/h5-6,10-11,14H,7-9H2,1-4H3,(H,19,22)/t14-/m0/s1. The molecule has 0 aliphatic carbocycles. The first-order valence-electron chi connectivity index (χ1n) is 8.02. The van der Waals surface area contributed by atoms with Crippen LogP contribution >= 0.6 is 0 Å². The quantitative estimate of drug-likeness (QED) is 0.936. The minimum Gasteiger partial charge on any atom is -0.465 e. The Bertz CT molecular complexity index is 701. The zero-order valence-corrected chi connectivity index (χ0v) is 14.2. The summed E-state index contributed by atoms with van der Waals surface area (Å²) in [7, 11) is 1.95. The van der Waals surface area contributed by atoms with Crippen LogP contribution in [-0.2, 0) is 24.9 Å². The fourth-order valence-corrected chi connectivity index (χ4v) is 3.18. The average molecular weight is 316 g/mol. The van der Waals surface area contributed by atoms with Crippen molar-refractivity contribution in [2.24, 2.45) is 7.05 Å². The second kappa shape index (κ2) is 6.20. The van der Waals surface area contributed by atoms with Crippen LogP contribution in [0, 0.1) is 6.92 Å². The van der Waals surface area contributed by atoms with Crippen LogP contribution in [0.1, 0.15) is 42.7 Å². The minimum atomic E-state index is -0.204. The van der Waals surface area contributed by atoms with Gasteiger partial charge in [-0.25, -0.2) is 4.98 Å². The first-order valence-corrected chi connectivity index (χ1v) is 8.02. The lowest BCUT2D eigenvalue weighted by atomic mass is 9.96. The maximum atomic E-state index is 12.6. The predicted octanol–water partition coefficient (Wildman–Crippen LogP) is 1.95. The van der Waals surface area contributed by atoms with Crippen molar-refractivity contribution in [3.8, 4) is 0 Å². The first-order chi connectivity index (χ1) is 10.9. The molecule has 3 heterocycles. The Hall–Kier alpha value is -2.08. The third-order valence-electron chi connectivity index (χ3n) is 4.13. The van der Waals surface area contributed by atoms with E-state index in [1.807, 2.05) is 44.5 Å². The van der Waals surface area contributed by atoms with Crippen molar-refractivity contribution < 1.29 is 9.21 Å². The van der Waals surface area contributed by atoms with Crippen molar-refractivity contribution in [2.75, 3.05) is 6.54 Å². The molecule has 1 aliphatic heterocycles. The van der Waals surface area contributed by atoms with Crippen molar-refractivity contribution in [3.63, 3.8) is 0 Å². The van der Waals surface area contributed by atoms with Gasteiger partial charge in [-0.15, -0.1) is 0 Å². The van der Waals surface area contributed by atoms with Crippen molar-refractivity contribution in [2.45, 2.75) is 45.8 Å². The zero-order chi connectivity index (χ0) is 16.6. The lowest BCUT2D eigenvalue weighted by Crippen LogP contribution is -2.43. The topological polar surface area (TPSA) is 63.3 Å². The van der Waals surface area contributed by atoms with E-state index in [0.717, 1.165) is 29.5 Å². The lowest BCUT2D eigenvalue weighted by Gasteiger charge is -2.32. The van der Waals surface area contributed by atoms with Crippen molar-refractivity contribution >= 4 is 5.91 Å². The van der Waals surface area contributed by atoms with Gasteiger partial charge in [0, 0.05) is 26.2 Å². The van der Waals surface area contributed by atoms with E-state index in [-0.39, 0.29) is 17.9 Å². The summed E-state index contributed by atoms with van der Waals surface area (Å²) in [4.78, 5) is 19.3. The monoisotopic (exact) mass is 316 g/mol. The number of carbonyl (C=O) groups is 1. The number of hydrogen-bond acceptors (Lipinski definition) is 4. The summed E-state index contributed by atoms with van der Waals surface area (Å²) in [6.45, 7) is 8.00. The molecule has 1 N–H and O–H groups in total. The molecule has 0 radical (unpaired) electrons. The average Bonchev–Trinajstić information content (AvgIpc) is 3.04. The SMILES string of the molecule is Cc1ccc(CN2Cc3ncn(C)c3[C@@H](C(=O)NC(C)C)C2)o1. The number of carbonyl (C=O) groups excluding carboxylic acids is 1. The van der Waals surface area contributed by atoms with Crippen LogP contribution < -0.4 is 5.32 Å². The number of imidazole rings is 1. The molecule has 124 valence electrons. The molecule has 1 aliphatic rings. The predicted molar refractivity (Wildman–Crippen MR) is 86.8 cm³/mol. The van der Waals surface area contributed by atoms with Crippen molar-refractivity contribution in [1.29, 1.82) is 0 Å². The van der Waals surface area contributed by atoms with Gasteiger partial charge in [-0.3, -0.25) is 9.69 Å². The van der Waals surface area contributed by atoms with Gasteiger partial charge in [-0.05, 0) is 32.9 Å². The first kappa shape index (κ1) is 15.8. The third-order valence-corrected chi connectivity index (χ3v) is 4.13. The highest BCUT2D eigenvalue weighted by molar-refractivity contribution is 5.84. The molecule has 6 heteroatoms. The highest BCUT2D eigenvalue weighted by atomic mass is 16.3. The van der Waals surface area contributed by atoms with Gasteiger partial charge in [-0.2, -0.15) is 0 Å². The van der Waals surface area contributed by atoms with Gasteiger partial charge in [0.1, 0.15) is 11.5 Å². The van der Waals surface area contributed by atoms with E-state index in [4.69, 9.17) is 4.42 Å². The molecular formula is C17H24N4O2. The summed E-state index contributed by atoms with van der Waals surface area (Å²) in [5.41, 5.74) is 2.00. The van der Waals surface area contributed by atoms with Gasteiger partial charge < -0.3 is 14.3 Å². The van der Waals surface area contributed by atoms with Gasteiger partial charge in [0.25, 0.3) is 0 Å². The fraction of sp³-hybridized carbons (Fsp3) is 0.529. The molecule has 2 aromatic heterocycles. The number of fused-ring (bicyclic) bond motifs is 1. The van der Waals surface area contributed by atoms with Gasteiger partial charge in [-0.1, -0.05) is 0 Å². The Morgan fingerprint density at radius 1 is 1.48 bits per heavy atom. The molecule has 0 fully saturated rings. The number of hydrogen-bond donors (Lipinski definition) is 1. The Balaban J connectivity index is 1.83. The van der Waals surface area contributed by atoms with Crippen LogP contribution in [0.4, 0.5) is 0 Å². The second-order valence-corrected chi connectivity index (χ2v) is 6.59. The Labute approximate surface area is 136 Å². The number of furan rings is 1. The maximum Gasteiger partial charge on any atom is 0.230 e. The molecule has 1 atom stereocenters. The molecule has 0 saturated heterocycles. The Kier molecular flexibility index (Phi) is 4.26. The molecule has 0 bridgehead atoms. The molecule has 0 unspecified atom stereocenters. The summed E-state index contributed by atoms with van der Waals surface area (Å²) in [5.74, 6) is 1.68. The number of aryl methyl sites for hydroxylation is 2. The fourth-order valence-electron chi connectivity index (χ4n) is 3.18. The summed E-state index contributed by atoms with van der Waals surface area (Å²) >= 11 is 0. The van der Waals surface area contributed by atoms with E-state index in [1.165, 1.54) is 0 Å². The number of aromatic nitrogens is 2. The molecule has 1 amide bonds. The smallest absolute Gasteiger partial charge is 0.230 e. The number of rotatable bonds is 4. The maximum absolute atomic E-state index is 12.6. The molecule has 0 saturated carbocycles. The molecule has 23 heavy (non-hydrogen) atoms. The van der Waals surface area contributed by atoms with Crippen LogP contribution in [0.5, 0.6) is 0 Å². The third kappa shape index (κ3) is 3.32. The van der Waals surface area contributed by atoms with Crippen LogP contribution in [0.25, 0.3) is 0 Å². The van der Waals surface area contributed by atoms with Gasteiger partial charge >= 0.3 is 0 Å². The van der Waals surface area contributed by atoms with E-state index in [1.54, 1.807) is 6.33 Å². The van der Waals surface area contributed by atoms with Crippen molar-refractivity contribution in [1.82, 2.24) is 19.8 Å². The summed E-state index contributed by atoms with van der Waals surface area (Å²) in [5, 5.41) is 3.03. The van der Waals surface area contributed by atoms with Crippen molar-refractivity contribution in [3.05, 3.63) is 41.4 Å². The normalized spacial score (nSPS) is 18.2. The van der Waals surface area contributed by atoms with Gasteiger partial charge in [0.15, 0.2) is 0 Å². The summed E-state index contributed by atoms with van der Waals surface area (Å²) in [6, 6.07) is 4.09. The Morgan fingerprint density at radius 2 is 2.26 bits per heavy atom. The summed E-state index contributed by atoms with van der Waals surface area (Å²) < 4.78 is 7.64. The molecule has 2 aromatic rings. The zero-order valence-electron chi connectivity index (χ0n) is 14.2. The molecule has 0 spiro atoms. The molecule has 0 aromatic carbocycles. The number of nitrogens with one attached hydrogen (secondary N) is 1. The highest BCUT2D eigenvalue weighted by Gasteiger charge is 2.34. The molecule has 3 rings (SSSR count). The lowest BCUT2D eigenvalue weighted by molar-refractivity contribution is -0.124. The van der Waals surface area contributed by atoms with Gasteiger partial charge in [0.2, 0.25) is 5.91 Å². The van der Waals surface area contributed by atoms with Crippen LogP contribution in [0.2, 0.25) is 0 Å². The van der Waals surface area contributed by atoms with Crippen LogP contribution in [-0.4, -0.2) is 32.9 Å². The molecule has 6 nitrogen and oxygen atoms in total. The van der Waals surface area contributed by atoms with E-state index in [0.29, 0.717) is 13.1 Å². The van der Waals surface area contributed by atoms with Gasteiger partial charge in [0.05, 0.1) is 30.2 Å². The number of amides is 1. The minimum absolute atomic E-state index is 0.0603.